The number of hydrogen-bond donors (Lipinski definition) is 2. The van der Waals surface area contributed by atoms with Crippen molar-refractivity contribution >= 4 is 36.0 Å². The number of nitrogens with zero attached hydrogens (tertiary/aromatic N) is 4. The van der Waals surface area contributed by atoms with Crippen molar-refractivity contribution in [2.24, 2.45) is 4.99 Å². The fourth-order valence-corrected chi connectivity index (χ4v) is 5.14. The highest BCUT2D eigenvalue weighted by Crippen LogP contribution is 2.31. The number of halogens is 1. The third-order valence-electron chi connectivity index (χ3n) is 7.18. The van der Waals surface area contributed by atoms with Gasteiger partial charge in [-0.05, 0) is 85.6 Å². The minimum absolute atomic E-state index is 0. The molecule has 3 heterocycles. The molecule has 0 aromatic carbocycles. The summed E-state index contributed by atoms with van der Waals surface area (Å²) in [5.41, 5.74) is 0.197. The second kappa shape index (κ2) is 13.8. The topological polar surface area (TPSA) is 72.4 Å². The van der Waals surface area contributed by atoms with Crippen molar-refractivity contribution in [2.75, 3.05) is 66.0 Å². The van der Waals surface area contributed by atoms with Crippen LogP contribution in [-0.4, -0.2) is 104 Å². The summed E-state index contributed by atoms with van der Waals surface area (Å²) >= 11 is 0. The van der Waals surface area contributed by atoms with Gasteiger partial charge in [-0.1, -0.05) is 6.42 Å². The predicted octanol–water partition coefficient (Wildman–Crippen LogP) is 2.73. The van der Waals surface area contributed by atoms with E-state index in [1.807, 2.05) is 11.8 Å². The van der Waals surface area contributed by atoms with E-state index in [0.29, 0.717) is 12.6 Å². The van der Waals surface area contributed by atoms with Crippen LogP contribution in [0, 0.1) is 0 Å². The van der Waals surface area contributed by atoms with Crippen LogP contribution in [0.1, 0.15) is 58.8 Å². The van der Waals surface area contributed by atoms with E-state index >= 15 is 0 Å². The Hall–Kier alpha value is -0.810. The molecule has 0 aliphatic carbocycles. The van der Waals surface area contributed by atoms with Crippen LogP contribution in [0.5, 0.6) is 0 Å². The fraction of sp³-hybridized carbons (Fsp3) is 0.913. The number of guanidine groups is 1. The van der Waals surface area contributed by atoms with Gasteiger partial charge >= 0.3 is 6.09 Å². The Kier molecular flexibility index (Phi) is 11.8. The van der Waals surface area contributed by atoms with E-state index in [2.05, 4.69) is 34.4 Å². The van der Waals surface area contributed by atoms with Gasteiger partial charge in [-0.2, -0.15) is 0 Å². The summed E-state index contributed by atoms with van der Waals surface area (Å²) in [5.74, 6) is 0.924. The molecule has 32 heavy (non-hydrogen) atoms. The zero-order valence-corrected chi connectivity index (χ0v) is 22.7. The van der Waals surface area contributed by atoms with Crippen LogP contribution in [0.15, 0.2) is 4.99 Å². The van der Waals surface area contributed by atoms with Crippen molar-refractivity contribution in [1.82, 2.24) is 25.3 Å². The molecule has 3 fully saturated rings. The van der Waals surface area contributed by atoms with Gasteiger partial charge in [-0.3, -0.25) is 9.89 Å². The van der Waals surface area contributed by atoms with Gasteiger partial charge in [0.25, 0.3) is 0 Å². The molecule has 0 saturated carbocycles. The Morgan fingerprint density at radius 2 is 1.69 bits per heavy atom. The Labute approximate surface area is 211 Å². The summed E-state index contributed by atoms with van der Waals surface area (Å²) in [6, 6.07) is 0.340. The van der Waals surface area contributed by atoms with Gasteiger partial charge in [0.1, 0.15) is 0 Å². The highest BCUT2D eigenvalue weighted by atomic mass is 127. The van der Waals surface area contributed by atoms with Crippen molar-refractivity contribution in [2.45, 2.75) is 70.4 Å². The van der Waals surface area contributed by atoms with Crippen LogP contribution >= 0.6 is 24.0 Å². The molecular formula is C23H45IN6O2. The molecule has 3 aliphatic rings. The summed E-state index contributed by atoms with van der Waals surface area (Å²) in [6.45, 7) is 12.3. The lowest BCUT2D eigenvalue weighted by atomic mass is 9.84. The number of aliphatic imine (C=N–C) groups is 1. The number of carbonyl (C=O) groups excluding carboxylic acids is 1. The smallest absolute Gasteiger partial charge is 0.409 e. The summed E-state index contributed by atoms with van der Waals surface area (Å²) < 4.78 is 5.14. The molecule has 0 radical (unpaired) electrons. The van der Waals surface area contributed by atoms with Crippen LogP contribution in [-0.2, 0) is 4.74 Å². The molecule has 3 aliphatic heterocycles. The van der Waals surface area contributed by atoms with Crippen molar-refractivity contribution < 1.29 is 9.53 Å². The van der Waals surface area contributed by atoms with E-state index in [1.165, 1.54) is 45.2 Å². The third kappa shape index (κ3) is 7.62. The minimum atomic E-state index is -0.188. The molecule has 3 rings (SSSR count). The largest absolute Gasteiger partial charge is 0.450 e. The third-order valence-corrected chi connectivity index (χ3v) is 7.18. The normalized spacial score (nSPS) is 23.3. The first-order chi connectivity index (χ1) is 15.1. The van der Waals surface area contributed by atoms with Crippen LogP contribution < -0.4 is 10.6 Å². The van der Waals surface area contributed by atoms with E-state index in [-0.39, 0.29) is 35.6 Å². The molecule has 0 aromatic heterocycles. The maximum atomic E-state index is 12.0. The first-order valence-electron chi connectivity index (χ1n) is 12.5. The molecule has 0 aromatic rings. The first kappa shape index (κ1) is 27.4. The van der Waals surface area contributed by atoms with Gasteiger partial charge in [0, 0.05) is 31.2 Å². The molecule has 0 spiro atoms. The standard InChI is InChI=1S/C23H44N6O2.HI/c1-4-24-21(26-20-9-15-28(16-10-20)22(30)31-5-2)25-19-23(11-17-27(3)18-12-23)29-13-7-6-8-14-29;/h20H,4-19H2,1-3H3,(H2,24,25,26);1H. The molecular weight excluding hydrogens is 519 g/mol. The molecule has 8 nitrogen and oxygen atoms in total. The molecule has 3 saturated heterocycles. The molecule has 0 atom stereocenters. The van der Waals surface area contributed by atoms with Gasteiger partial charge in [0.05, 0.1) is 13.2 Å². The molecule has 9 heteroatoms. The van der Waals surface area contributed by atoms with Gasteiger partial charge in [0.15, 0.2) is 5.96 Å². The van der Waals surface area contributed by atoms with Crippen molar-refractivity contribution in [1.29, 1.82) is 0 Å². The average molecular weight is 565 g/mol. The van der Waals surface area contributed by atoms with E-state index in [9.17, 15) is 4.79 Å². The van der Waals surface area contributed by atoms with Crippen molar-refractivity contribution in [3.8, 4) is 0 Å². The Balaban J connectivity index is 0.00000363. The Morgan fingerprint density at radius 1 is 1.03 bits per heavy atom. The SMILES string of the molecule is CCNC(=NCC1(N2CCCCC2)CCN(C)CC1)NC1CCN(C(=O)OCC)CC1.I. The number of nitrogens with one attached hydrogen (secondary N) is 2. The number of hydrogen-bond acceptors (Lipinski definition) is 5. The lowest BCUT2D eigenvalue weighted by molar-refractivity contribution is 0.0207. The van der Waals surface area contributed by atoms with E-state index in [4.69, 9.17) is 9.73 Å². The summed E-state index contributed by atoms with van der Waals surface area (Å²) in [7, 11) is 2.23. The van der Waals surface area contributed by atoms with E-state index in [1.54, 1.807) is 0 Å². The Morgan fingerprint density at radius 3 is 2.28 bits per heavy atom. The number of likely N-dealkylation sites (tertiary alicyclic amines) is 3. The van der Waals surface area contributed by atoms with Gasteiger partial charge in [-0.15, -0.1) is 24.0 Å². The quantitative estimate of drug-likeness (QED) is 0.294. The van der Waals surface area contributed by atoms with Gasteiger partial charge in [0.2, 0.25) is 0 Å². The van der Waals surface area contributed by atoms with Crippen molar-refractivity contribution in [3.05, 3.63) is 0 Å². The molecule has 0 bridgehead atoms. The molecule has 186 valence electrons. The van der Waals surface area contributed by atoms with Crippen LogP contribution in [0.4, 0.5) is 4.79 Å². The number of ether oxygens (including phenoxy) is 1. The van der Waals surface area contributed by atoms with E-state index in [0.717, 1.165) is 58.1 Å². The maximum absolute atomic E-state index is 12.0. The summed E-state index contributed by atoms with van der Waals surface area (Å²) in [5, 5.41) is 7.11. The second-order valence-corrected chi connectivity index (χ2v) is 9.38. The molecule has 2 N–H and O–H groups in total. The summed E-state index contributed by atoms with van der Waals surface area (Å²) in [6.07, 6.45) is 8.06. The highest BCUT2D eigenvalue weighted by molar-refractivity contribution is 14.0. The molecule has 1 amide bonds. The fourth-order valence-electron chi connectivity index (χ4n) is 5.14. The van der Waals surface area contributed by atoms with Crippen LogP contribution in [0.3, 0.4) is 0 Å². The molecule has 0 unspecified atom stereocenters. The minimum Gasteiger partial charge on any atom is -0.450 e. The number of amides is 1. The number of rotatable bonds is 6. The average Bonchev–Trinajstić information content (AvgIpc) is 2.80. The lowest BCUT2D eigenvalue weighted by Gasteiger charge is -2.49. The zero-order chi connectivity index (χ0) is 22.1. The van der Waals surface area contributed by atoms with Gasteiger partial charge < -0.3 is 25.2 Å². The van der Waals surface area contributed by atoms with E-state index < -0.39 is 0 Å². The number of piperidine rings is 3. The zero-order valence-electron chi connectivity index (χ0n) is 20.4. The van der Waals surface area contributed by atoms with Crippen molar-refractivity contribution in [3.63, 3.8) is 0 Å². The van der Waals surface area contributed by atoms with Crippen LogP contribution in [0.2, 0.25) is 0 Å². The second-order valence-electron chi connectivity index (χ2n) is 9.38. The number of carbonyl (C=O) groups is 1. The highest BCUT2D eigenvalue weighted by Gasteiger charge is 2.39. The van der Waals surface area contributed by atoms with Gasteiger partial charge in [-0.25, -0.2) is 4.79 Å². The summed E-state index contributed by atoms with van der Waals surface area (Å²) in [4.78, 5) is 24.1. The van der Waals surface area contributed by atoms with Crippen LogP contribution in [0.25, 0.3) is 0 Å². The Bertz CT molecular complexity index is 583. The first-order valence-corrected chi connectivity index (χ1v) is 12.5. The monoisotopic (exact) mass is 564 g/mol. The predicted molar refractivity (Wildman–Crippen MR) is 141 cm³/mol. The maximum Gasteiger partial charge on any atom is 0.409 e. The lowest BCUT2D eigenvalue weighted by Crippen LogP contribution is -2.58.